The maximum Gasteiger partial charge on any atom is 0.134 e. The Morgan fingerprint density at radius 1 is 1.20 bits per heavy atom. The number of rotatable bonds is 5. The number of nitrogens with zero attached hydrogens (tertiary/aromatic N) is 3. The minimum Gasteiger partial charge on any atom is -0.370 e. The Labute approximate surface area is 119 Å². The zero-order chi connectivity index (χ0) is 13.9. The zero-order valence-corrected chi connectivity index (χ0v) is 12.1. The molecule has 0 unspecified atom stereocenters. The average Bonchev–Trinajstić information content (AvgIpc) is 3.29. The van der Waals surface area contributed by atoms with E-state index in [1.54, 1.807) is 0 Å². The van der Waals surface area contributed by atoms with Crippen molar-refractivity contribution >= 4 is 5.82 Å². The molecule has 0 spiro atoms. The quantitative estimate of drug-likeness (QED) is 0.905. The highest BCUT2D eigenvalue weighted by molar-refractivity contribution is 5.47. The third-order valence-corrected chi connectivity index (χ3v) is 3.67. The van der Waals surface area contributed by atoms with Crippen LogP contribution < -0.4 is 5.32 Å². The first-order chi connectivity index (χ1) is 9.78. The summed E-state index contributed by atoms with van der Waals surface area (Å²) in [5, 5.41) is 3.36. The van der Waals surface area contributed by atoms with Crippen molar-refractivity contribution in [1.82, 2.24) is 15.0 Å². The second kappa shape index (κ2) is 5.57. The molecule has 0 aliphatic heterocycles. The summed E-state index contributed by atoms with van der Waals surface area (Å²) >= 11 is 0. The molecule has 0 aromatic carbocycles. The van der Waals surface area contributed by atoms with E-state index < -0.39 is 0 Å². The Hall–Kier alpha value is -1.97. The Bertz CT molecular complexity index is 591. The highest BCUT2D eigenvalue weighted by atomic mass is 15.0. The normalized spacial score (nSPS) is 14.3. The molecule has 104 valence electrons. The van der Waals surface area contributed by atoms with Gasteiger partial charge < -0.3 is 5.32 Å². The lowest BCUT2D eigenvalue weighted by Crippen LogP contribution is -2.09. The molecule has 4 nitrogen and oxygen atoms in total. The molecule has 4 heteroatoms. The molecule has 0 radical (unpaired) electrons. The van der Waals surface area contributed by atoms with E-state index in [1.807, 2.05) is 24.5 Å². The van der Waals surface area contributed by atoms with E-state index in [2.05, 4.69) is 24.1 Å². The summed E-state index contributed by atoms with van der Waals surface area (Å²) in [6.07, 6.45) is 6.96. The van der Waals surface area contributed by atoms with E-state index in [4.69, 9.17) is 9.97 Å². The molecule has 1 fully saturated rings. The highest BCUT2D eigenvalue weighted by Gasteiger charge is 2.28. The van der Waals surface area contributed by atoms with Gasteiger partial charge in [0.1, 0.15) is 11.6 Å². The molecule has 2 aromatic heterocycles. The third-order valence-electron chi connectivity index (χ3n) is 3.67. The van der Waals surface area contributed by atoms with Crippen LogP contribution in [-0.2, 0) is 6.42 Å². The lowest BCUT2D eigenvalue weighted by molar-refractivity contribution is 0.872. The number of nitrogens with one attached hydrogen (secondary N) is 1. The van der Waals surface area contributed by atoms with Gasteiger partial charge in [0.05, 0.1) is 5.69 Å². The van der Waals surface area contributed by atoms with Crippen molar-refractivity contribution in [2.75, 3.05) is 11.9 Å². The fraction of sp³-hybridized carbons (Fsp3) is 0.438. The standard InChI is InChI=1S/C16H20N4/c1-3-18-15-11(2)14(10-12-6-8-17-9-7-12)19-16(20-15)13-4-5-13/h6-9,13H,3-5,10H2,1-2H3,(H,18,19,20). The van der Waals surface area contributed by atoms with Gasteiger partial charge in [-0.05, 0) is 44.4 Å². The number of hydrogen-bond donors (Lipinski definition) is 1. The van der Waals surface area contributed by atoms with Crippen molar-refractivity contribution < 1.29 is 0 Å². The van der Waals surface area contributed by atoms with Crippen LogP contribution in [0.1, 0.15) is 48.3 Å². The van der Waals surface area contributed by atoms with Crippen molar-refractivity contribution in [3.63, 3.8) is 0 Å². The fourth-order valence-corrected chi connectivity index (χ4v) is 2.31. The topological polar surface area (TPSA) is 50.7 Å². The van der Waals surface area contributed by atoms with Gasteiger partial charge >= 0.3 is 0 Å². The van der Waals surface area contributed by atoms with Gasteiger partial charge in [0.2, 0.25) is 0 Å². The highest BCUT2D eigenvalue weighted by Crippen LogP contribution is 2.39. The second-order valence-electron chi connectivity index (χ2n) is 5.34. The van der Waals surface area contributed by atoms with E-state index >= 15 is 0 Å². The van der Waals surface area contributed by atoms with E-state index in [9.17, 15) is 0 Å². The van der Waals surface area contributed by atoms with Crippen molar-refractivity contribution in [3.05, 3.63) is 47.2 Å². The third kappa shape index (κ3) is 2.79. The number of aromatic nitrogens is 3. The van der Waals surface area contributed by atoms with Gasteiger partial charge in [-0.25, -0.2) is 9.97 Å². The summed E-state index contributed by atoms with van der Waals surface area (Å²) in [5.74, 6) is 2.58. The molecular weight excluding hydrogens is 248 g/mol. The molecule has 0 atom stereocenters. The summed E-state index contributed by atoms with van der Waals surface area (Å²) in [6.45, 7) is 5.09. The number of pyridine rings is 1. The summed E-state index contributed by atoms with van der Waals surface area (Å²) in [6, 6.07) is 4.09. The summed E-state index contributed by atoms with van der Waals surface area (Å²) in [5.41, 5.74) is 3.53. The number of anilines is 1. The van der Waals surface area contributed by atoms with Crippen molar-refractivity contribution in [2.45, 2.75) is 39.0 Å². The Balaban J connectivity index is 1.95. The Morgan fingerprint density at radius 2 is 1.95 bits per heavy atom. The average molecular weight is 268 g/mol. The first-order valence-corrected chi connectivity index (χ1v) is 7.28. The van der Waals surface area contributed by atoms with Gasteiger partial charge in [0.25, 0.3) is 0 Å². The largest absolute Gasteiger partial charge is 0.370 e. The molecule has 0 amide bonds. The molecule has 2 aromatic rings. The summed E-state index contributed by atoms with van der Waals surface area (Å²) < 4.78 is 0. The van der Waals surface area contributed by atoms with Gasteiger partial charge in [-0.2, -0.15) is 0 Å². The maximum atomic E-state index is 4.80. The number of hydrogen-bond acceptors (Lipinski definition) is 4. The Morgan fingerprint density at radius 3 is 2.60 bits per heavy atom. The van der Waals surface area contributed by atoms with Gasteiger partial charge in [0, 0.05) is 36.8 Å². The molecule has 0 bridgehead atoms. The van der Waals surface area contributed by atoms with Crippen LogP contribution >= 0.6 is 0 Å². The minimum atomic E-state index is 0.573. The van der Waals surface area contributed by atoms with Crippen LogP contribution in [0.3, 0.4) is 0 Å². The van der Waals surface area contributed by atoms with Gasteiger partial charge in [-0.15, -0.1) is 0 Å². The van der Waals surface area contributed by atoms with Crippen LogP contribution in [0.4, 0.5) is 5.82 Å². The zero-order valence-electron chi connectivity index (χ0n) is 12.1. The molecule has 1 N–H and O–H groups in total. The predicted octanol–water partition coefficient (Wildman–Crippen LogP) is 3.08. The lowest BCUT2D eigenvalue weighted by Gasteiger charge is -2.13. The van der Waals surface area contributed by atoms with Gasteiger partial charge in [0.15, 0.2) is 0 Å². The second-order valence-corrected chi connectivity index (χ2v) is 5.34. The molecule has 20 heavy (non-hydrogen) atoms. The molecule has 2 heterocycles. The van der Waals surface area contributed by atoms with Crippen molar-refractivity contribution in [1.29, 1.82) is 0 Å². The van der Waals surface area contributed by atoms with Crippen molar-refractivity contribution in [3.8, 4) is 0 Å². The fourth-order valence-electron chi connectivity index (χ4n) is 2.31. The van der Waals surface area contributed by atoms with Crippen LogP contribution in [-0.4, -0.2) is 21.5 Å². The summed E-state index contributed by atoms with van der Waals surface area (Å²) in [4.78, 5) is 13.6. The molecule has 1 aliphatic carbocycles. The maximum absolute atomic E-state index is 4.80. The smallest absolute Gasteiger partial charge is 0.134 e. The predicted molar refractivity (Wildman–Crippen MR) is 80.0 cm³/mol. The summed E-state index contributed by atoms with van der Waals surface area (Å²) in [7, 11) is 0. The van der Waals surface area contributed by atoms with E-state index in [0.717, 1.165) is 35.9 Å². The van der Waals surface area contributed by atoms with Gasteiger partial charge in [-0.3, -0.25) is 4.98 Å². The monoisotopic (exact) mass is 268 g/mol. The van der Waals surface area contributed by atoms with Crippen LogP contribution in [0.15, 0.2) is 24.5 Å². The molecule has 0 saturated heterocycles. The van der Waals surface area contributed by atoms with Crippen LogP contribution in [0.25, 0.3) is 0 Å². The first kappa shape index (κ1) is 13.0. The van der Waals surface area contributed by atoms with E-state index in [-0.39, 0.29) is 0 Å². The molecule has 1 aliphatic rings. The van der Waals surface area contributed by atoms with E-state index in [0.29, 0.717) is 5.92 Å². The first-order valence-electron chi connectivity index (χ1n) is 7.28. The molecular formula is C16H20N4. The van der Waals surface area contributed by atoms with Crippen LogP contribution in [0.5, 0.6) is 0 Å². The van der Waals surface area contributed by atoms with Crippen LogP contribution in [0.2, 0.25) is 0 Å². The minimum absolute atomic E-state index is 0.573. The van der Waals surface area contributed by atoms with E-state index in [1.165, 1.54) is 18.4 Å². The van der Waals surface area contributed by atoms with Gasteiger partial charge in [-0.1, -0.05) is 0 Å². The van der Waals surface area contributed by atoms with Crippen LogP contribution in [0, 0.1) is 6.92 Å². The lowest BCUT2D eigenvalue weighted by atomic mass is 10.1. The Kier molecular flexibility index (Phi) is 3.63. The van der Waals surface area contributed by atoms with Crippen molar-refractivity contribution in [2.24, 2.45) is 0 Å². The molecule has 1 saturated carbocycles. The molecule has 3 rings (SSSR count). The SMILES string of the molecule is CCNc1nc(C2CC2)nc(Cc2ccncc2)c1C.